The van der Waals surface area contributed by atoms with Crippen molar-refractivity contribution in [1.29, 1.82) is 0 Å². The predicted octanol–water partition coefficient (Wildman–Crippen LogP) is 4.06. The van der Waals surface area contributed by atoms with Gasteiger partial charge in [-0.2, -0.15) is 0 Å². The van der Waals surface area contributed by atoms with E-state index in [0.717, 1.165) is 11.1 Å². The maximum Gasteiger partial charge on any atom is 0.192 e. The third kappa shape index (κ3) is 3.35. The van der Waals surface area contributed by atoms with Gasteiger partial charge in [0.25, 0.3) is 0 Å². The Morgan fingerprint density at radius 1 is 1.10 bits per heavy atom. The Morgan fingerprint density at radius 3 is 2.33 bits per heavy atom. The fourth-order valence-corrected chi connectivity index (χ4v) is 3.41. The van der Waals surface area contributed by atoms with Crippen LogP contribution in [-0.4, -0.2) is 19.0 Å². The predicted molar refractivity (Wildman–Crippen MR) is 81.2 cm³/mol. The zero-order valence-corrected chi connectivity index (χ0v) is 12.8. The van der Waals surface area contributed by atoms with E-state index in [1.165, 1.54) is 32.1 Å². The molecule has 1 aromatic carbocycles. The monoisotopic (exact) mass is 288 g/mol. The molecule has 0 spiro atoms. The maximum absolute atomic E-state index is 12.4. The molecule has 1 saturated carbocycles. The highest BCUT2D eigenvalue weighted by molar-refractivity contribution is 5.96. The molecule has 1 saturated heterocycles. The van der Waals surface area contributed by atoms with Crippen molar-refractivity contribution in [3.05, 3.63) is 35.4 Å². The van der Waals surface area contributed by atoms with E-state index >= 15 is 0 Å². The Bertz CT molecular complexity index is 480. The van der Waals surface area contributed by atoms with Crippen molar-refractivity contribution >= 4 is 5.78 Å². The number of benzene rings is 1. The number of ether oxygens (including phenoxy) is 2. The lowest BCUT2D eigenvalue weighted by atomic mass is 9.84. The van der Waals surface area contributed by atoms with Crippen LogP contribution in [0.4, 0.5) is 0 Å². The van der Waals surface area contributed by atoms with E-state index < -0.39 is 5.79 Å². The number of rotatable bonds is 4. The van der Waals surface area contributed by atoms with Gasteiger partial charge in [-0.05, 0) is 12.8 Å². The third-order valence-corrected chi connectivity index (χ3v) is 4.77. The average molecular weight is 288 g/mol. The minimum atomic E-state index is -0.648. The Labute approximate surface area is 126 Å². The van der Waals surface area contributed by atoms with Crippen molar-refractivity contribution in [3.63, 3.8) is 0 Å². The van der Waals surface area contributed by atoms with Crippen LogP contribution in [0.2, 0.25) is 0 Å². The Kier molecular flexibility index (Phi) is 4.41. The lowest BCUT2D eigenvalue weighted by Crippen LogP contribution is -2.22. The van der Waals surface area contributed by atoms with Crippen LogP contribution in [0.15, 0.2) is 24.3 Å². The molecule has 0 amide bonds. The number of hydrogen-bond donors (Lipinski definition) is 0. The maximum atomic E-state index is 12.4. The molecule has 0 N–H and O–H groups in total. The van der Waals surface area contributed by atoms with Gasteiger partial charge in [0.15, 0.2) is 11.6 Å². The van der Waals surface area contributed by atoms with E-state index in [1.807, 2.05) is 31.2 Å². The van der Waals surface area contributed by atoms with Gasteiger partial charge in [0, 0.05) is 17.5 Å². The smallest absolute Gasteiger partial charge is 0.192 e. The van der Waals surface area contributed by atoms with Gasteiger partial charge in [0.2, 0.25) is 0 Å². The van der Waals surface area contributed by atoms with Crippen LogP contribution in [-0.2, 0) is 15.3 Å². The highest BCUT2D eigenvalue weighted by Crippen LogP contribution is 2.31. The molecule has 3 rings (SSSR count). The summed E-state index contributed by atoms with van der Waals surface area (Å²) in [5, 5.41) is 0. The molecule has 0 radical (unpaired) electrons. The van der Waals surface area contributed by atoms with E-state index in [9.17, 15) is 4.79 Å². The molecule has 2 fully saturated rings. The van der Waals surface area contributed by atoms with E-state index in [4.69, 9.17) is 9.47 Å². The molecule has 0 aromatic heterocycles. The number of hydrogen-bond acceptors (Lipinski definition) is 3. The van der Waals surface area contributed by atoms with Crippen molar-refractivity contribution in [2.75, 3.05) is 13.2 Å². The summed E-state index contributed by atoms with van der Waals surface area (Å²) in [7, 11) is 0. The zero-order chi connectivity index (χ0) is 14.7. The van der Waals surface area contributed by atoms with E-state index in [0.29, 0.717) is 25.6 Å². The topological polar surface area (TPSA) is 35.5 Å². The van der Waals surface area contributed by atoms with Gasteiger partial charge < -0.3 is 9.47 Å². The normalized spacial score (nSPS) is 22.3. The molecule has 1 aromatic rings. The molecular weight excluding hydrogens is 264 g/mol. The Hall–Kier alpha value is -1.19. The SMILES string of the molecule is CC1(c2ccc(C(=O)CC3CCCCC3)cc2)OCCO1. The van der Waals surface area contributed by atoms with E-state index in [-0.39, 0.29) is 5.78 Å². The van der Waals surface area contributed by atoms with E-state index in [2.05, 4.69) is 0 Å². The number of ketones is 1. The molecule has 0 unspecified atom stereocenters. The average Bonchev–Trinajstić information content (AvgIpc) is 2.96. The second kappa shape index (κ2) is 6.29. The first-order valence-electron chi connectivity index (χ1n) is 8.09. The zero-order valence-electron chi connectivity index (χ0n) is 12.8. The minimum absolute atomic E-state index is 0.270. The fourth-order valence-electron chi connectivity index (χ4n) is 3.41. The molecule has 3 nitrogen and oxygen atoms in total. The lowest BCUT2D eigenvalue weighted by molar-refractivity contribution is -0.149. The van der Waals surface area contributed by atoms with Crippen LogP contribution < -0.4 is 0 Å². The highest BCUT2D eigenvalue weighted by atomic mass is 16.7. The van der Waals surface area contributed by atoms with Crippen LogP contribution in [0.5, 0.6) is 0 Å². The first-order chi connectivity index (χ1) is 10.2. The quantitative estimate of drug-likeness (QED) is 0.784. The van der Waals surface area contributed by atoms with Crippen LogP contribution in [0.3, 0.4) is 0 Å². The van der Waals surface area contributed by atoms with Gasteiger partial charge in [0.1, 0.15) is 0 Å². The second-order valence-electron chi connectivity index (χ2n) is 6.35. The summed E-state index contributed by atoms with van der Waals surface area (Å²) in [5.41, 5.74) is 1.79. The summed E-state index contributed by atoms with van der Waals surface area (Å²) >= 11 is 0. The molecule has 1 aliphatic heterocycles. The van der Waals surface area contributed by atoms with Gasteiger partial charge in [-0.1, -0.05) is 56.4 Å². The first kappa shape index (κ1) is 14.7. The third-order valence-electron chi connectivity index (χ3n) is 4.77. The van der Waals surface area contributed by atoms with Crippen molar-refractivity contribution < 1.29 is 14.3 Å². The molecular formula is C18H24O3. The Morgan fingerprint density at radius 2 is 1.71 bits per heavy atom. The van der Waals surface area contributed by atoms with Gasteiger partial charge >= 0.3 is 0 Å². The molecule has 0 bridgehead atoms. The highest BCUT2D eigenvalue weighted by Gasteiger charge is 2.33. The van der Waals surface area contributed by atoms with Gasteiger partial charge in [-0.25, -0.2) is 0 Å². The summed E-state index contributed by atoms with van der Waals surface area (Å²) in [4.78, 5) is 12.4. The molecule has 1 heterocycles. The minimum Gasteiger partial charge on any atom is -0.344 e. The molecule has 3 heteroatoms. The van der Waals surface area contributed by atoms with Crippen molar-refractivity contribution in [2.45, 2.75) is 51.2 Å². The molecule has 2 aliphatic rings. The van der Waals surface area contributed by atoms with Gasteiger partial charge in [0.05, 0.1) is 13.2 Å². The molecule has 1 aliphatic carbocycles. The summed E-state index contributed by atoms with van der Waals surface area (Å²) in [6, 6.07) is 7.74. The van der Waals surface area contributed by atoms with E-state index in [1.54, 1.807) is 0 Å². The number of Topliss-reactive ketones (excluding diaryl/α,β-unsaturated/α-hetero) is 1. The number of carbonyl (C=O) groups is 1. The number of carbonyl (C=O) groups excluding carboxylic acids is 1. The van der Waals surface area contributed by atoms with Crippen molar-refractivity contribution in [2.24, 2.45) is 5.92 Å². The van der Waals surface area contributed by atoms with Gasteiger partial charge in [-0.15, -0.1) is 0 Å². The van der Waals surface area contributed by atoms with Crippen LogP contribution in [0.1, 0.15) is 61.4 Å². The molecule has 114 valence electrons. The van der Waals surface area contributed by atoms with Crippen LogP contribution >= 0.6 is 0 Å². The lowest BCUT2D eigenvalue weighted by Gasteiger charge is -2.23. The summed E-state index contributed by atoms with van der Waals surface area (Å²) in [6.07, 6.45) is 7.02. The summed E-state index contributed by atoms with van der Waals surface area (Å²) in [6.45, 7) is 3.18. The second-order valence-corrected chi connectivity index (χ2v) is 6.35. The Balaban J connectivity index is 1.64. The largest absolute Gasteiger partial charge is 0.344 e. The standard InChI is InChI=1S/C18H24O3/c1-18(20-11-12-21-18)16-9-7-15(8-10-16)17(19)13-14-5-3-2-4-6-14/h7-10,14H,2-6,11-13H2,1H3. The molecule has 0 atom stereocenters. The summed E-state index contributed by atoms with van der Waals surface area (Å²) in [5.74, 6) is 0.210. The van der Waals surface area contributed by atoms with Crippen molar-refractivity contribution in [3.8, 4) is 0 Å². The van der Waals surface area contributed by atoms with Crippen LogP contribution in [0.25, 0.3) is 0 Å². The van der Waals surface area contributed by atoms with Crippen molar-refractivity contribution in [1.82, 2.24) is 0 Å². The summed E-state index contributed by atoms with van der Waals surface area (Å²) < 4.78 is 11.3. The van der Waals surface area contributed by atoms with Crippen LogP contribution in [0, 0.1) is 5.92 Å². The van der Waals surface area contributed by atoms with Gasteiger partial charge in [-0.3, -0.25) is 4.79 Å². The molecule has 21 heavy (non-hydrogen) atoms. The first-order valence-corrected chi connectivity index (χ1v) is 8.09. The fraction of sp³-hybridized carbons (Fsp3) is 0.611.